The van der Waals surface area contributed by atoms with E-state index in [0.29, 0.717) is 26.4 Å². The van der Waals surface area contributed by atoms with Gasteiger partial charge in [0.05, 0.1) is 13.2 Å². The Kier molecular flexibility index (Phi) is 7.46. The van der Waals surface area contributed by atoms with Gasteiger partial charge in [0.15, 0.2) is 5.78 Å². The Labute approximate surface area is 169 Å². The van der Waals surface area contributed by atoms with Gasteiger partial charge < -0.3 is 14.4 Å². The third-order valence-electron chi connectivity index (χ3n) is 5.46. The highest BCUT2D eigenvalue weighted by atomic mass is 16.5. The van der Waals surface area contributed by atoms with E-state index in [2.05, 4.69) is 31.1 Å². The number of ether oxygens (including phenoxy) is 2. The lowest BCUT2D eigenvalue weighted by Gasteiger charge is -2.25. The van der Waals surface area contributed by atoms with Crippen LogP contribution in [0.2, 0.25) is 0 Å². The molecule has 2 heterocycles. The van der Waals surface area contributed by atoms with E-state index >= 15 is 0 Å². The molecule has 152 valence electrons. The van der Waals surface area contributed by atoms with E-state index in [1.807, 2.05) is 19.2 Å². The molecule has 28 heavy (non-hydrogen) atoms. The Morgan fingerprint density at radius 1 is 0.786 bits per heavy atom. The van der Waals surface area contributed by atoms with Crippen molar-refractivity contribution in [1.82, 2.24) is 4.90 Å². The Balaban J connectivity index is 1.91. The van der Waals surface area contributed by atoms with Gasteiger partial charge in [-0.3, -0.25) is 4.79 Å². The van der Waals surface area contributed by atoms with Gasteiger partial charge in [-0.1, -0.05) is 25.7 Å². The molecule has 3 rings (SSSR count). The van der Waals surface area contributed by atoms with E-state index in [4.69, 9.17) is 9.47 Å². The molecule has 1 fully saturated rings. The Morgan fingerprint density at radius 3 is 1.75 bits per heavy atom. The second-order valence-electron chi connectivity index (χ2n) is 8.01. The van der Waals surface area contributed by atoms with Gasteiger partial charge in [0, 0.05) is 43.8 Å². The lowest BCUT2D eigenvalue weighted by molar-refractivity contribution is -0.113. The second-order valence-corrected chi connectivity index (χ2v) is 8.01. The third kappa shape index (κ3) is 5.33. The SMILES string of the molecule is CC1=CN(C)C=C(C)C1=C1C=C2COCCCCCCCCOCC(=C1)C2=O. The molecule has 0 atom stereocenters. The summed E-state index contributed by atoms with van der Waals surface area (Å²) in [4.78, 5) is 15.0. The fourth-order valence-corrected chi connectivity index (χ4v) is 4.14. The quantitative estimate of drug-likeness (QED) is 0.599. The first-order valence-corrected chi connectivity index (χ1v) is 10.5. The number of ketones is 1. The minimum atomic E-state index is 0.0652. The van der Waals surface area contributed by atoms with Gasteiger partial charge in [-0.25, -0.2) is 0 Å². The van der Waals surface area contributed by atoms with Crippen LogP contribution in [-0.2, 0) is 14.3 Å². The standard InChI is InChI=1S/C24H33NO3/c1-18-14-25(3)15-19(2)23(18)20-12-21-16-27-10-8-6-4-5-7-9-11-28-17-22(13-20)24(21)26/h12-15H,4-11,16-17H2,1-3H3. The summed E-state index contributed by atoms with van der Waals surface area (Å²) in [7, 11) is 2.04. The highest BCUT2D eigenvalue weighted by Crippen LogP contribution is 2.32. The third-order valence-corrected chi connectivity index (χ3v) is 5.46. The molecule has 4 heteroatoms. The summed E-state index contributed by atoms with van der Waals surface area (Å²) >= 11 is 0. The summed E-state index contributed by atoms with van der Waals surface area (Å²) in [5, 5.41) is 0. The van der Waals surface area contributed by atoms with Crippen LogP contribution in [0, 0.1) is 0 Å². The van der Waals surface area contributed by atoms with Crippen LogP contribution in [-0.4, -0.2) is 44.2 Å². The summed E-state index contributed by atoms with van der Waals surface area (Å²) in [5.41, 5.74) is 6.14. The molecular weight excluding hydrogens is 350 g/mol. The summed E-state index contributed by atoms with van der Waals surface area (Å²) in [6.07, 6.45) is 15.3. The Bertz CT molecular complexity index is 694. The molecule has 0 spiro atoms. The van der Waals surface area contributed by atoms with Crippen LogP contribution in [0.15, 0.2) is 58.0 Å². The highest BCUT2D eigenvalue weighted by Gasteiger charge is 2.23. The van der Waals surface area contributed by atoms with E-state index in [9.17, 15) is 4.79 Å². The van der Waals surface area contributed by atoms with Gasteiger partial charge in [0.1, 0.15) is 0 Å². The van der Waals surface area contributed by atoms with Crippen LogP contribution in [0.3, 0.4) is 0 Å². The van der Waals surface area contributed by atoms with Crippen molar-refractivity contribution in [1.29, 1.82) is 0 Å². The van der Waals surface area contributed by atoms with E-state index < -0.39 is 0 Å². The number of allylic oxidation sites excluding steroid dienone is 6. The first-order valence-electron chi connectivity index (χ1n) is 10.5. The Hall–Kier alpha value is -1.91. The average Bonchev–Trinajstić information content (AvgIpc) is 2.64. The van der Waals surface area contributed by atoms with Crippen molar-refractivity contribution in [2.45, 2.75) is 52.4 Å². The Morgan fingerprint density at radius 2 is 1.25 bits per heavy atom. The molecule has 1 saturated heterocycles. The number of nitrogens with zero attached hydrogens (tertiary/aromatic N) is 1. The minimum Gasteiger partial charge on any atom is -0.377 e. The van der Waals surface area contributed by atoms with Gasteiger partial charge in [-0.2, -0.15) is 0 Å². The smallest absolute Gasteiger partial charge is 0.189 e. The van der Waals surface area contributed by atoms with Crippen LogP contribution in [0.1, 0.15) is 52.4 Å². The molecule has 0 amide bonds. The first-order chi connectivity index (χ1) is 13.6. The summed E-state index contributed by atoms with van der Waals surface area (Å²) in [5.74, 6) is 0.0652. The van der Waals surface area contributed by atoms with E-state index in [1.54, 1.807) is 0 Å². The first kappa shape index (κ1) is 20.8. The van der Waals surface area contributed by atoms with Crippen molar-refractivity contribution in [2.24, 2.45) is 0 Å². The fourth-order valence-electron chi connectivity index (χ4n) is 4.14. The van der Waals surface area contributed by atoms with Gasteiger partial charge >= 0.3 is 0 Å². The molecule has 0 N–H and O–H groups in total. The monoisotopic (exact) mass is 383 g/mol. The van der Waals surface area contributed by atoms with Crippen molar-refractivity contribution in [2.75, 3.05) is 33.5 Å². The zero-order valence-electron chi connectivity index (χ0n) is 17.6. The number of carbonyl (C=O) groups excluding carboxylic acids is 1. The van der Waals surface area contributed by atoms with Crippen molar-refractivity contribution in [3.8, 4) is 0 Å². The summed E-state index contributed by atoms with van der Waals surface area (Å²) in [6, 6.07) is 0. The predicted octanol–water partition coefficient (Wildman–Crippen LogP) is 4.86. The van der Waals surface area contributed by atoms with Crippen molar-refractivity contribution >= 4 is 5.78 Å². The molecule has 2 aliphatic heterocycles. The van der Waals surface area contributed by atoms with Gasteiger partial charge in [0.25, 0.3) is 0 Å². The molecule has 1 aliphatic carbocycles. The molecule has 0 unspecified atom stereocenters. The molecule has 0 aromatic carbocycles. The van der Waals surface area contributed by atoms with E-state index in [0.717, 1.165) is 29.6 Å². The zero-order valence-corrected chi connectivity index (χ0v) is 17.6. The van der Waals surface area contributed by atoms with Crippen LogP contribution in [0.25, 0.3) is 0 Å². The lowest BCUT2D eigenvalue weighted by Crippen LogP contribution is -2.20. The topological polar surface area (TPSA) is 38.8 Å². The minimum absolute atomic E-state index is 0.0652. The number of Topliss-reactive ketones (excluding diaryl/α,β-unsaturated/α-hetero) is 1. The molecular formula is C24H33NO3. The van der Waals surface area contributed by atoms with E-state index in [1.165, 1.54) is 42.4 Å². The molecule has 2 bridgehead atoms. The lowest BCUT2D eigenvalue weighted by atomic mass is 9.86. The summed E-state index contributed by atoms with van der Waals surface area (Å²) < 4.78 is 11.7. The van der Waals surface area contributed by atoms with Gasteiger partial charge in [-0.05, 0) is 61.1 Å². The summed E-state index contributed by atoms with van der Waals surface area (Å²) in [6.45, 7) is 6.42. The van der Waals surface area contributed by atoms with Crippen LogP contribution in [0.5, 0.6) is 0 Å². The number of rotatable bonds is 0. The average molecular weight is 384 g/mol. The van der Waals surface area contributed by atoms with Crippen LogP contribution >= 0.6 is 0 Å². The fraction of sp³-hybridized carbons (Fsp3) is 0.542. The predicted molar refractivity (Wildman–Crippen MR) is 113 cm³/mol. The maximum absolute atomic E-state index is 13.0. The maximum atomic E-state index is 13.0. The largest absolute Gasteiger partial charge is 0.377 e. The molecule has 3 aliphatic rings. The number of hydrogen-bond donors (Lipinski definition) is 0. The molecule has 4 nitrogen and oxygen atoms in total. The van der Waals surface area contributed by atoms with Crippen molar-refractivity contribution in [3.05, 3.63) is 58.0 Å². The normalized spacial score (nSPS) is 23.2. The van der Waals surface area contributed by atoms with Crippen molar-refractivity contribution in [3.63, 3.8) is 0 Å². The molecule has 0 aromatic rings. The number of fused-ring (bicyclic) bond motifs is 2. The number of hydrogen-bond acceptors (Lipinski definition) is 4. The highest BCUT2D eigenvalue weighted by molar-refractivity contribution is 6.10. The zero-order chi connectivity index (χ0) is 19.9. The molecule has 0 aromatic heterocycles. The van der Waals surface area contributed by atoms with Gasteiger partial charge in [0.2, 0.25) is 0 Å². The number of carbonyl (C=O) groups is 1. The van der Waals surface area contributed by atoms with E-state index in [-0.39, 0.29) is 5.78 Å². The van der Waals surface area contributed by atoms with Gasteiger partial charge in [-0.15, -0.1) is 0 Å². The van der Waals surface area contributed by atoms with Crippen LogP contribution in [0.4, 0.5) is 0 Å². The molecule has 0 saturated carbocycles. The maximum Gasteiger partial charge on any atom is 0.189 e. The molecule has 0 radical (unpaired) electrons. The van der Waals surface area contributed by atoms with Crippen LogP contribution < -0.4 is 0 Å². The van der Waals surface area contributed by atoms with Crippen molar-refractivity contribution < 1.29 is 14.3 Å². The second kappa shape index (κ2) is 10.0.